The Labute approximate surface area is 100 Å². The predicted molar refractivity (Wildman–Crippen MR) is 68.1 cm³/mol. The van der Waals surface area contributed by atoms with E-state index in [1.54, 1.807) is 0 Å². The second-order valence-electron chi connectivity index (χ2n) is 6.17. The van der Waals surface area contributed by atoms with Gasteiger partial charge in [0.2, 0.25) is 0 Å². The van der Waals surface area contributed by atoms with E-state index in [0.717, 1.165) is 18.9 Å². The lowest BCUT2D eigenvalue weighted by Gasteiger charge is -2.32. The van der Waals surface area contributed by atoms with Gasteiger partial charge in [-0.25, -0.2) is 0 Å². The highest BCUT2D eigenvalue weighted by Gasteiger charge is 2.22. The van der Waals surface area contributed by atoms with Gasteiger partial charge in [-0.05, 0) is 30.6 Å². The minimum Gasteiger partial charge on any atom is -0.313 e. The fraction of sp³-hybridized carbons (Fsp3) is 0.929. The molecule has 0 unspecified atom stereocenters. The molecule has 1 saturated carbocycles. The molecule has 2 nitrogen and oxygen atoms in total. The molecule has 0 radical (unpaired) electrons. The molecule has 92 valence electrons. The standard InChI is InChI=1S/C14H26N2/c1-12-6-4-7-13(10-12)16-11-14(2,3)8-5-9-15/h12-13,16H,4-8,10-11H2,1-3H3/t12-,13+/m1/s1. The summed E-state index contributed by atoms with van der Waals surface area (Å²) in [6.07, 6.45) is 7.11. The first-order chi connectivity index (χ1) is 7.53. The highest BCUT2D eigenvalue weighted by molar-refractivity contribution is 4.82. The lowest BCUT2D eigenvalue weighted by Crippen LogP contribution is -2.39. The number of rotatable bonds is 5. The molecule has 1 N–H and O–H groups in total. The Morgan fingerprint density at radius 1 is 1.38 bits per heavy atom. The van der Waals surface area contributed by atoms with Crippen LogP contribution in [0.1, 0.15) is 59.3 Å². The summed E-state index contributed by atoms with van der Waals surface area (Å²) in [5.41, 5.74) is 0.260. The van der Waals surface area contributed by atoms with Crippen molar-refractivity contribution in [2.45, 2.75) is 65.3 Å². The molecule has 0 aromatic rings. The van der Waals surface area contributed by atoms with E-state index in [0.29, 0.717) is 12.5 Å². The van der Waals surface area contributed by atoms with Gasteiger partial charge in [-0.2, -0.15) is 5.26 Å². The minimum atomic E-state index is 0.260. The van der Waals surface area contributed by atoms with Crippen LogP contribution in [0.2, 0.25) is 0 Å². The maximum atomic E-state index is 8.61. The van der Waals surface area contributed by atoms with Gasteiger partial charge < -0.3 is 5.32 Å². The summed E-state index contributed by atoms with van der Waals surface area (Å²) in [7, 11) is 0. The maximum absolute atomic E-state index is 8.61. The molecule has 0 spiro atoms. The third-order valence-corrected chi connectivity index (χ3v) is 3.72. The minimum absolute atomic E-state index is 0.260. The summed E-state index contributed by atoms with van der Waals surface area (Å²) in [6, 6.07) is 2.95. The number of nitrogens with one attached hydrogen (secondary N) is 1. The summed E-state index contributed by atoms with van der Waals surface area (Å²) in [4.78, 5) is 0. The van der Waals surface area contributed by atoms with E-state index in [4.69, 9.17) is 5.26 Å². The first kappa shape index (κ1) is 13.5. The van der Waals surface area contributed by atoms with Crippen molar-refractivity contribution in [1.82, 2.24) is 5.32 Å². The largest absolute Gasteiger partial charge is 0.313 e. The summed E-state index contributed by atoms with van der Waals surface area (Å²) < 4.78 is 0. The molecule has 2 heteroatoms. The van der Waals surface area contributed by atoms with Crippen LogP contribution >= 0.6 is 0 Å². The number of hydrogen-bond donors (Lipinski definition) is 1. The molecule has 0 bridgehead atoms. The molecule has 0 aromatic carbocycles. The number of nitrogens with zero attached hydrogens (tertiary/aromatic N) is 1. The Balaban J connectivity index is 2.24. The van der Waals surface area contributed by atoms with Crippen LogP contribution in [-0.4, -0.2) is 12.6 Å². The van der Waals surface area contributed by atoms with Crippen molar-refractivity contribution in [2.24, 2.45) is 11.3 Å². The molecule has 0 amide bonds. The van der Waals surface area contributed by atoms with Crippen LogP contribution in [0.5, 0.6) is 0 Å². The molecule has 0 aliphatic heterocycles. The Bertz CT molecular complexity index is 240. The Hall–Kier alpha value is -0.550. The normalized spacial score (nSPS) is 26.4. The molecule has 16 heavy (non-hydrogen) atoms. The van der Waals surface area contributed by atoms with Crippen molar-refractivity contribution in [3.05, 3.63) is 0 Å². The first-order valence-corrected chi connectivity index (χ1v) is 6.64. The molecular weight excluding hydrogens is 196 g/mol. The highest BCUT2D eigenvalue weighted by Crippen LogP contribution is 2.26. The van der Waals surface area contributed by atoms with E-state index in [2.05, 4.69) is 32.2 Å². The lowest BCUT2D eigenvalue weighted by molar-refractivity contribution is 0.250. The van der Waals surface area contributed by atoms with Crippen LogP contribution in [0.25, 0.3) is 0 Å². The zero-order valence-electron chi connectivity index (χ0n) is 11.1. The zero-order chi connectivity index (χ0) is 12.0. The smallest absolute Gasteiger partial charge is 0.0621 e. The molecule has 0 saturated heterocycles. The molecular formula is C14H26N2. The van der Waals surface area contributed by atoms with Crippen LogP contribution in [-0.2, 0) is 0 Å². The van der Waals surface area contributed by atoms with Crippen molar-refractivity contribution in [3.8, 4) is 6.07 Å². The van der Waals surface area contributed by atoms with Gasteiger partial charge in [-0.1, -0.05) is 33.6 Å². The molecule has 2 atom stereocenters. The van der Waals surface area contributed by atoms with Crippen molar-refractivity contribution >= 4 is 0 Å². The Morgan fingerprint density at radius 2 is 2.12 bits per heavy atom. The Morgan fingerprint density at radius 3 is 2.75 bits per heavy atom. The van der Waals surface area contributed by atoms with E-state index in [1.807, 2.05) is 0 Å². The monoisotopic (exact) mass is 222 g/mol. The van der Waals surface area contributed by atoms with Crippen LogP contribution in [0, 0.1) is 22.7 Å². The Kier molecular flexibility index (Phi) is 5.28. The quantitative estimate of drug-likeness (QED) is 0.773. The fourth-order valence-corrected chi connectivity index (χ4v) is 2.52. The van der Waals surface area contributed by atoms with Gasteiger partial charge in [0.15, 0.2) is 0 Å². The van der Waals surface area contributed by atoms with Gasteiger partial charge in [0.25, 0.3) is 0 Å². The summed E-state index contributed by atoms with van der Waals surface area (Å²) in [6.45, 7) is 7.91. The molecule has 1 aliphatic rings. The highest BCUT2D eigenvalue weighted by atomic mass is 14.9. The molecule has 0 aromatic heterocycles. The first-order valence-electron chi connectivity index (χ1n) is 6.64. The van der Waals surface area contributed by atoms with E-state index in [1.165, 1.54) is 25.7 Å². The second-order valence-corrected chi connectivity index (χ2v) is 6.17. The van der Waals surface area contributed by atoms with Crippen LogP contribution in [0.3, 0.4) is 0 Å². The summed E-state index contributed by atoms with van der Waals surface area (Å²) in [5.74, 6) is 0.883. The average Bonchev–Trinajstić information content (AvgIpc) is 2.24. The SMILES string of the molecule is C[C@@H]1CCC[C@H](NCC(C)(C)CCC#N)C1. The molecule has 1 fully saturated rings. The van der Waals surface area contributed by atoms with Crippen molar-refractivity contribution in [3.63, 3.8) is 0 Å². The third kappa shape index (κ3) is 4.99. The second kappa shape index (κ2) is 6.25. The van der Waals surface area contributed by atoms with Crippen LogP contribution in [0.15, 0.2) is 0 Å². The van der Waals surface area contributed by atoms with Gasteiger partial charge >= 0.3 is 0 Å². The number of hydrogen-bond acceptors (Lipinski definition) is 2. The summed E-state index contributed by atoms with van der Waals surface area (Å²) in [5, 5.41) is 12.3. The summed E-state index contributed by atoms with van der Waals surface area (Å²) >= 11 is 0. The lowest BCUT2D eigenvalue weighted by atomic mass is 9.84. The van der Waals surface area contributed by atoms with Gasteiger partial charge in [0.1, 0.15) is 0 Å². The van der Waals surface area contributed by atoms with Gasteiger partial charge in [-0.15, -0.1) is 0 Å². The van der Waals surface area contributed by atoms with E-state index >= 15 is 0 Å². The topological polar surface area (TPSA) is 35.8 Å². The van der Waals surface area contributed by atoms with Crippen LogP contribution in [0.4, 0.5) is 0 Å². The fourth-order valence-electron chi connectivity index (χ4n) is 2.52. The van der Waals surface area contributed by atoms with Crippen LogP contribution < -0.4 is 5.32 Å². The number of nitriles is 1. The average molecular weight is 222 g/mol. The zero-order valence-corrected chi connectivity index (χ0v) is 11.1. The van der Waals surface area contributed by atoms with E-state index in [-0.39, 0.29) is 5.41 Å². The van der Waals surface area contributed by atoms with Gasteiger partial charge in [-0.3, -0.25) is 0 Å². The van der Waals surface area contributed by atoms with E-state index < -0.39 is 0 Å². The van der Waals surface area contributed by atoms with E-state index in [9.17, 15) is 0 Å². The van der Waals surface area contributed by atoms with Crippen molar-refractivity contribution in [2.75, 3.05) is 6.54 Å². The van der Waals surface area contributed by atoms with Gasteiger partial charge in [0, 0.05) is 19.0 Å². The molecule has 1 aliphatic carbocycles. The van der Waals surface area contributed by atoms with Crippen molar-refractivity contribution < 1.29 is 0 Å². The van der Waals surface area contributed by atoms with Gasteiger partial charge in [0.05, 0.1) is 6.07 Å². The predicted octanol–water partition coefficient (Wildman–Crippen LogP) is 3.48. The van der Waals surface area contributed by atoms with Crippen molar-refractivity contribution in [1.29, 1.82) is 5.26 Å². The molecule has 0 heterocycles. The maximum Gasteiger partial charge on any atom is 0.0621 e. The molecule has 1 rings (SSSR count). The third-order valence-electron chi connectivity index (χ3n) is 3.72.